The highest BCUT2D eigenvalue weighted by atomic mass is 32.2. The summed E-state index contributed by atoms with van der Waals surface area (Å²) >= 11 is 0. The highest BCUT2D eigenvalue weighted by molar-refractivity contribution is 7.89. The standard InChI is InChI=1S/C14H17NO6S/c1-4-15(9-12(16)13(17)14(18)21-3)22(19,20)11-7-5-10(2)6-8-11/h1,5-8,12-13,16-17H,9H2,2-3H3/t12-,13+/m0/s1. The third-order valence-corrected chi connectivity index (χ3v) is 4.62. The third-order valence-electron chi connectivity index (χ3n) is 2.91. The first-order valence-corrected chi connectivity index (χ1v) is 7.67. The second-order valence-electron chi connectivity index (χ2n) is 4.51. The molecule has 0 aliphatic rings. The summed E-state index contributed by atoms with van der Waals surface area (Å²) in [6.07, 6.45) is 1.56. The van der Waals surface area contributed by atoms with E-state index in [1.165, 1.54) is 12.1 Å². The van der Waals surface area contributed by atoms with Gasteiger partial charge in [-0.1, -0.05) is 24.1 Å². The lowest BCUT2D eigenvalue weighted by molar-refractivity contribution is -0.156. The first-order chi connectivity index (χ1) is 10.2. The van der Waals surface area contributed by atoms with Crippen molar-refractivity contribution in [3.05, 3.63) is 29.8 Å². The van der Waals surface area contributed by atoms with Crippen LogP contribution in [0.4, 0.5) is 0 Å². The highest BCUT2D eigenvalue weighted by Gasteiger charge is 2.31. The van der Waals surface area contributed by atoms with Crippen molar-refractivity contribution in [2.45, 2.75) is 24.0 Å². The van der Waals surface area contributed by atoms with Crippen molar-refractivity contribution < 1.29 is 28.2 Å². The number of terminal acetylenes is 1. The van der Waals surface area contributed by atoms with Crippen LogP contribution in [0.2, 0.25) is 0 Å². The van der Waals surface area contributed by atoms with Crippen molar-refractivity contribution in [3.63, 3.8) is 0 Å². The summed E-state index contributed by atoms with van der Waals surface area (Å²) in [6.45, 7) is 1.15. The molecule has 0 amide bonds. The number of carbonyl (C=O) groups excluding carboxylic acids is 1. The molecule has 0 heterocycles. The lowest BCUT2D eigenvalue weighted by Gasteiger charge is -2.23. The SMILES string of the molecule is C#CN(C[C@H](O)[C@@H](O)C(=O)OC)S(=O)(=O)c1ccc(C)cc1. The molecule has 7 nitrogen and oxygen atoms in total. The summed E-state index contributed by atoms with van der Waals surface area (Å²) in [6, 6.07) is 7.86. The van der Waals surface area contributed by atoms with Crippen LogP contribution in [-0.2, 0) is 19.6 Å². The van der Waals surface area contributed by atoms with Gasteiger partial charge in [-0.25, -0.2) is 17.5 Å². The number of methoxy groups -OCH3 is 1. The number of aryl methyl sites for hydroxylation is 1. The fourth-order valence-electron chi connectivity index (χ4n) is 1.61. The molecule has 0 bridgehead atoms. The molecule has 22 heavy (non-hydrogen) atoms. The lowest BCUT2D eigenvalue weighted by Crippen LogP contribution is -2.43. The number of hydrogen-bond donors (Lipinski definition) is 2. The largest absolute Gasteiger partial charge is 0.467 e. The summed E-state index contributed by atoms with van der Waals surface area (Å²) in [5.41, 5.74) is 0.868. The molecule has 120 valence electrons. The Balaban J connectivity index is 2.98. The topological polar surface area (TPSA) is 104 Å². The Hall–Kier alpha value is -2.08. The molecule has 1 aromatic rings. The quantitative estimate of drug-likeness (QED) is 0.414. The fraction of sp³-hybridized carbons (Fsp3) is 0.357. The molecule has 0 aromatic heterocycles. The van der Waals surface area contributed by atoms with Gasteiger partial charge in [0.1, 0.15) is 6.10 Å². The van der Waals surface area contributed by atoms with Gasteiger partial charge in [0.15, 0.2) is 6.10 Å². The van der Waals surface area contributed by atoms with E-state index in [2.05, 4.69) is 4.74 Å². The molecule has 2 atom stereocenters. The molecule has 0 spiro atoms. The smallest absolute Gasteiger partial charge is 0.337 e. The molecule has 0 radical (unpaired) electrons. The number of aliphatic hydroxyl groups excluding tert-OH is 2. The summed E-state index contributed by atoms with van der Waals surface area (Å²) < 4.78 is 29.5. The van der Waals surface area contributed by atoms with E-state index in [0.29, 0.717) is 4.31 Å². The molecule has 0 saturated carbocycles. The van der Waals surface area contributed by atoms with Gasteiger partial charge in [-0.2, -0.15) is 0 Å². The Kier molecular flexibility index (Phi) is 5.93. The Morgan fingerprint density at radius 2 is 1.91 bits per heavy atom. The van der Waals surface area contributed by atoms with Crippen LogP contribution in [-0.4, -0.2) is 54.8 Å². The normalized spacial score (nSPS) is 13.8. The van der Waals surface area contributed by atoms with Gasteiger partial charge in [-0.05, 0) is 19.1 Å². The van der Waals surface area contributed by atoms with E-state index < -0.39 is 34.7 Å². The molecule has 0 fully saturated rings. The van der Waals surface area contributed by atoms with Gasteiger partial charge in [0.25, 0.3) is 10.0 Å². The van der Waals surface area contributed by atoms with Crippen LogP contribution in [0.15, 0.2) is 29.2 Å². The molecule has 1 rings (SSSR count). The number of rotatable bonds is 6. The van der Waals surface area contributed by atoms with E-state index in [1.54, 1.807) is 19.1 Å². The highest BCUT2D eigenvalue weighted by Crippen LogP contribution is 2.16. The first kappa shape index (κ1) is 18.0. The minimum Gasteiger partial charge on any atom is -0.467 e. The molecule has 0 aliphatic heterocycles. The maximum atomic E-state index is 12.3. The predicted molar refractivity (Wildman–Crippen MR) is 77.9 cm³/mol. The van der Waals surface area contributed by atoms with Crippen molar-refractivity contribution in [2.75, 3.05) is 13.7 Å². The number of benzene rings is 1. The maximum absolute atomic E-state index is 12.3. The van der Waals surface area contributed by atoms with Crippen LogP contribution in [0.1, 0.15) is 5.56 Å². The molecule has 0 aliphatic carbocycles. The number of carbonyl (C=O) groups is 1. The van der Waals surface area contributed by atoms with Gasteiger partial charge in [-0.3, -0.25) is 0 Å². The molecule has 1 aromatic carbocycles. The second kappa shape index (κ2) is 7.26. The Morgan fingerprint density at radius 3 is 2.36 bits per heavy atom. The number of nitrogens with zero attached hydrogens (tertiary/aromatic N) is 1. The number of hydrogen-bond acceptors (Lipinski definition) is 6. The second-order valence-corrected chi connectivity index (χ2v) is 6.38. The van der Waals surface area contributed by atoms with E-state index >= 15 is 0 Å². The lowest BCUT2D eigenvalue weighted by atomic mass is 10.2. The van der Waals surface area contributed by atoms with Gasteiger partial charge in [0, 0.05) is 6.04 Å². The average Bonchev–Trinajstić information content (AvgIpc) is 2.50. The number of ether oxygens (including phenoxy) is 1. The van der Waals surface area contributed by atoms with Crippen LogP contribution in [0.3, 0.4) is 0 Å². The molecule has 0 saturated heterocycles. The number of aliphatic hydroxyl groups is 2. The molecular weight excluding hydrogens is 310 g/mol. The van der Waals surface area contributed by atoms with Crippen molar-refractivity contribution >= 4 is 16.0 Å². The monoisotopic (exact) mass is 327 g/mol. The zero-order valence-electron chi connectivity index (χ0n) is 12.1. The fourth-order valence-corrected chi connectivity index (χ4v) is 2.83. The van der Waals surface area contributed by atoms with Gasteiger partial charge in [0.05, 0.1) is 18.6 Å². The molecule has 2 N–H and O–H groups in total. The Morgan fingerprint density at radius 1 is 1.36 bits per heavy atom. The Labute approximate surface area is 129 Å². The van der Waals surface area contributed by atoms with E-state index in [0.717, 1.165) is 12.7 Å². The predicted octanol–water partition coefficient (Wildman–Crippen LogP) is -0.529. The van der Waals surface area contributed by atoms with Crippen molar-refractivity contribution in [1.82, 2.24) is 4.31 Å². The van der Waals surface area contributed by atoms with Gasteiger partial charge in [-0.15, -0.1) is 0 Å². The minimum absolute atomic E-state index is 0.0594. The average molecular weight is 327 g/mol. The van der Waals surface area contributed by atoms with Gasteiger partial charge in [0.2, 0.25) is 0 Å². The summed E-state index contributed by atoms with van der Waals surface area (Å²) in [4.78, 5) is 11.1. The number of esters is 1. The van der Waals surface area contributed by atoms with Crippen molar-refractivity contribution in [3.8, 4) is 12.5 Å². The zero-order chi connectivity index (χ0) is 16.9. The molecule has 0 unspecified atom stereocenters. The first-order valence-electron chi connectivity index (χ1n) is 6.23. The van der Waals surface area contributed by atoms with E-state index in [-0.39, 0.29) is 4.90 Å². The Bertz CT molecular complexity index is 662. The maximum Gasteiger partial charge on any atom is 0.337 e. The van der Waals surface area contributed by atoms with Crippen LogP contribution >= 0.6 is 0 Å². The van der Waals surface area contributed by atoms with E-state index in [1.807, 2.05) is 6.04 Å². The van der Waals surface area contributed by atoms with Gasteiger partial charge < -0.3 is 14.9 Å². The summed E-state index contributed by atoms with van der Waals surface area (Å²) in [7, 11) is -3.03. The van der Waals surface area contributed by atoms with Crippen LogP contribution in [0.5, 0.6) is 0 Å². The van der Waals surface area contributed by atoms with E-state index in [4.69, 9.17) is 6.42 Å². The van der Waals surface area contributed by atoms with Crippen molar-refractivity contribution in [2.24, 2.45) is 0 Å². The zero-order valence-corrected chi connectivity index (χ0v) is 12.9. The van der Waals surface area contributed by atoms with Crippen LogP contribution in [0.25, 0.3) is 0 Å². The summed E-state index contributed by atoms with van der Waals surface area (Å²) in [5, 5.41) is 19.2. The van der Waals surface area contributed by atoms with Crippen LogP contribution < -0.4 is 0 Å². The molecule has 8 heteroatoms. The third kappa shape index (κ3) is 3.98. The minimum atomic E-state index is -4.05. The number of sulfonamides is 1. The van der Waals surface area contributed by atoms with E-state index in [9.17, 15) is 23.4 Å². The molecular formula is C14H17NO6S. The van der Waals surface area contributed by atoms with Crippen molar-refractivity contribution in [1.29, 1.82) is 0 Å². The van der Waals surface area contributed by atoms with Crippen LogP contribution in [0, 0.1) is 19.4 Å². The van der Waals surface area contributed by atoms with Gasteiger partial charge >= 0.3 is 5.97 Å². The summed E-state index contributed by atoms with van der Waals surface area (Å²) in [5.74, 6) is -1.09.